The second-order valence-corrected chi connectivity index (χ2v) is 7.20. The van der Waals surface area contributed by atoms with E-state index in [2.05, 4.69) is 0 Å². The van der Waals surface area contributed by atoms with E-state index in [-0.39, 0.29) is 36.6 Å². The lowest BCUT2D eigenvalue weighted by Crippen LogP contribution is -2.58. The van der Waals surface area contributed by atoms with Gasteiger partial charge in [0.2, 0.25) is 5.91 Å². The Kier molecular flexibility index (Phi) is 4.09. The summed E-state index contributed by atoms with van der Waals surface area (Å²) in [6, 6.07) is 3.92. The van der Waals surface area contributed by atoms with E-state index in [4.69, 9.17) is 9.47 Å². The molecule has 2 atom stereocenters. The molecule has 0 spiro atoms. The van der Waals surface area contributed by atoms with E-state index >= 15 is 0 Å². The fourth-order valence-electron chi connectivity index (χ4n) is 3.79. The largest absolute Gasteiger partial charge is 0.381 e. The molecule has 3 aliphatic heterocycles. The first-order valence-electron chi connectivity index (χ1n) is 8.07. The zero-order valence-electron chi connectivity index (χ0n) is 12.8. The molecule has 0 radical (unpaired) electrons. The molecule has 1 aromatic rings. The third-order valence-corrected chi connectivity index (χ3v) is 5.76. The summed E-state index contributed by atoms with van der Waals surface area (Å²) in [6.07, 6.45) is 1.67. The van der Waals surface area contributed by atoms with Gasteiger partial charge in [0.05, 0.1) is 17.0 Å². The molecule has 1 aromatic heterocycles. The average Bonchev–Trinajstić information content (AvgIpc) is 3.24. The number of likely N-dealkylation sites (tertiary alicyclic amines) is 1. The van der Waals surface area contributed by atoms with Crippen molar-refractivity contribution in [3.05, 3.63) is 22.4 Å². The molecule has 4 heterocycles. The summed E-state index contributed by atoms with van der Waals surface area (Å²) in [4.78, 5) is 29.5. The first-order chi connectivity index (χ1) is 11.2. The molecular formula is C16H20N2O4S. The highest BCUT2D eigenvalue weighted by Gasteiger charge is 2.47. The molecule has 2 amide bonds. The molecule has 7 heteroatoms. The van der Waals surface area contributed by atoms with Crippen molar-refractivity contribution in [1.82, 2.24) is 9.80 Å². The van der Waals surface area contributed by atoms with Crippen molar-refractivity contribution in [2.75, 3.05) is 32.9 Å². The van der Waals surface area contributed by atoms with Crippen LogP contribution in [0.25, 0.3) is 0 Å². The quantitative estimate of drug-likeness (QED) is 0.808. The third-order valence-electron chi connectivity index (χ3n) is 4.91. The summed E-state index contributed by atoms with van der Waals surface area (Å²) in [5.74, 6) is 0.0842. The highest BCUT2D eigenvalue weighted by atomic mass is 32.1. The van der Waals surface area contributed by atoms with E-state index in [1.807, 2.05) is 27.3 Å². The van der Waals surface area contributed by atoms with Gasteiger partial charge in [-0.05, 0) is 24.3 Å². The van der Waals surface area contributed by atoms with Gasteiger partial charge in [0.25, 0.3) is 5.91 Å². The molecule has 0 aromatic carbocycles. The Hall–Kier alpha value is -1.44. The molecule has 6 nitrogen and oxygen atoms in total. The minimum atomic E-state index is -0.0699. The maximum absolute atomic E-state index is 12.6. The lowest BCUT2D eigenvalue weighted by atomic mass is 10.0. The monoisotopic (exact) mass is 336 g/mol. The van der Waals surface area contributed by atoms with Crippen LogP contribution >= 0.6 is 11.3 Å². The van der Waals surface area contributed by atoms with Gasteiger partial charge in [0.15, 0.2) is 0 Å². The molecule has 4 rings (SSSR count). The topological polar surface area (TPSA) is 59.1 Å². The van der Waals surface area contributed by atoms with Gasteiger partial charge in [-0.15, -0.1) is 11.3 Å². The Morgan fingerprint density at radius 3 is 2.83 bits per heavy atom. The van der Waals surface area contributed by atoms with E-state index < -0.39 is 0 Å². The first kappa shape index (κ1) is 15.1. The van der Waals surface area contributed by atoms with Crippen LogP contribution in [0.1, 0.15) is 22.5 Å². The lowest BCUT2D eigenvalue weighted by molar-refractivity contribution is -0.159. The Morgan fingerprint density at radius 1 is 1.26 bits per heavy atom. The number of nitrogens with zero attached hydrogens (tertiary/aromatic N) is 2. The van der Waals surface area contributed by atoms with Crippen LogP contribution < -0.4 is 0 Å². The van der Waals surface area contributed by atoms with Crippen molar-refractivity contribution in [3.8, 4) is 0 Å². The standard InChI is InChI=1S/C16H20N2O4S/c19-15-10-22-13-9-17(16(20)14-2-1-7-23-14)8-12(13)18(15)11-3-5-21-6-4-11/h1-2,7,11-13H,3-6,8-10H2/t12-,13-/m0/s1. The van der Waals surface area contributed by atoms with Crippen molar-refractivity contribution in [1.29, 1.82) is 0 Å². The number of fused-ring (bicyclic) bond motifs is 1. The molecule has 23 heavy (non-hydrogen) atoms. The van der Waals surface area contributed by atoms with Crippen LogP contribution in [0.3, 0.4) is 0 Å². The summed E-state index contributed by atoms with van der Waals surface area (Å²) in [5, 5.41) is 1.91. The lowest BCUT2D eigenvalue weighted by Gasteiger charge is -2.43. The van der Waals surface area contributed by atoms with Crippen molar-refractivity contribution in [2.24, 2.45) is 0 Å². The van der Waals surface area contributed by atoms with Crippen LogP contribution in [0.4, 0.5) is 0 Å². The summed E-state index contributed by atoms with van der Waals surface area (Å²) in [6.45, 7) is 2.65. The van der Waals surface area contributed by atoms with Crippen LogP contribution in [0, 0.1) is 0 Å². The SMILES string of the molecule is O=C(c1cccs1)N1C[C@@H]2OCC(=O)N(C3CCOCC3)[C@H]2C1. The number of ether oxygens (including phenoxy) is 2. The van der Waals surface area contributed by atoms with Crippen molar-refractivity contribution < 1.29 is 19.1 Å². The molecule has 3 saturated heterocycles. The van der Waals surface area contributed by atoms with Gasteiger partial charge in [-0.3, -0.25) is 9.59 Å². The van der Waals surface area contributed by atoms with E-state index in [1.165, 1.54) is 11.3 Å². The Bertz CT molecular complexity index is 585. The summed E-state index contributed by atoms with van der Waals surface area (Å²) < 4.78 is 11.1. The number of hydrogen-bond acceptors (Lipinski definition) is 5. The summed E-state index contributed by atoms with van der Waals surface area (Å²) in [7, 11) is 0. The minimum absolute atomic E-state index is 0.0248. The molecule has 3 fully saturated rings. The summed E-state index contributed by atoms with van der Waals surface area (Å²) >= 11 is 1.45. The number of morpholine rings is 1. The molecule has 0 aliphatic carbocycles. The van der Waals surface area contributed by atoms with Gasteiger partial charge >= 0.3 is 0 Å². The highest BCUT2D eigenvalue weighted by molar-refractivity contribution is 7.12. The number of carbonyl (C=O) groups is 2. The first-order valence-corrected chi connectivity index (χ1v) is 8.95. The van der Waals surface area contributed by atoms with Crippen LogP contribution in [0.15, 0.2) is 17.5 Å². The van der Waals surface area contributed by atoms with E-state index in [0.29, 0.717) is 26.3 Å². The summed E-state index contributed by atoms with van der Waals surface area (Å²) in [5.41, 5.74) is 0. The molecule has 0 N–H and O–H groups in total. The zero-order valence-corrected chi connectivity index (χ0v) is 13.7. The van der Waals surface area contributed by atoms with Crippen LogP contribution in [-0.2, 0) is 14.3 Å². The molecule has 124 valence electrons. The second kappa shape index (κ2) is 6.22. The average molecular weight is 336 g/mol. The van der Waals surface area contributed by atoms with Crippen molar-refractivity contribution in [3.63, 3.8) is 0 Å². The predicted molar refractivity (Wildman–Crippen MR) is 84.4 cm³/mol. The number of hydrogen-bond donors (Lipinski definition) is 0. The predicted octanol–water partition coefficient (Wildman–Crippen LogP) is 0.979. The molecule has 0 bridgehead atoms. The smallest absolute Gasteiger partial charge is 0.264 e. The van der Waals surface area contributed by atoms with Crippen LogP contribution in [0.5, 0.6) is 0 Å². The van der Waals surface area contributed by atoms with Crippen LogP contribution in [0.2, 0.25) is 0 Å². The number of thiophene rings is 1. The molecule has 0 saturated carbocycles. The Balaban J connectivity index is 1.52. The number of rotatable bonds is 2. The van der Waals surface area contributed by atoms with Gasteiger partial charge < -0.3 is 19.3 Å². The van der Waals surface area contributed by atoms with E-state index in [9.17, 15) is 9.59 Å². The Labute approximate surface area is 139 Å². The Morgan fingerprint density at radius 2 is 2.09 bits per heavy atom. The van der Waals surface area contributed by atoms with Crippen molar-refractivity contribution >= 4 is 23.2 Å². The maximum Gasteiger partial charge on any atom is 0.264 e. The van der Waals surface area contributed by atoms with Crippen LogP contribution in [-0.4, -0.2) is 72.7 Å². The highest BCUT2D eigenvalue weighted by Crippen LogP contribution is 2.29. The van der Waals surface area contributed by atoms with Gasteiger partial charge in [-0.25, -0.2) is 0 Å². The maximum atomic E-state index is 12.6. The van der Waals surface area contributed by atoms with Gasteiger partial charge in [0.1, 0.15) is 6.61 Å². The van der Waals surface area contributed by atoms with Gasteiger partial charge in [-0.2, -0.15) is 0 Å². The normalized spacial score (nSPS) is 29.0. The number of amides is 2. The zero-order chi connectivity index (χ0) is 15.8. The van der Waals surface area contributed by atoms with E-state index in [1.54, 1.807) is 0 Å². The number of carbonyl (C=O) groups excluding carboxylic acids is 2. The fourth-order valence-corrected chi connectivity index (χ4v) is 4.48. The van der Waals surface area contributed by atoms with Gasteiger partial charge in [-0.1, -0.05) is 6.07 Å². The van der Waals surface area contributed by atoms with Crippen molar-refractivity contribution in [2.45, 2.75) is 31.0 Å². The molecule has 0 unspecified atom stereocenters. The van der Waals surface area contributed by atoms with Gasteiger partial charge in [0, 0.05) is 32.3 Å². The second-order valence-electron chi connectivity index (χ2n) is 6.25. The fraction of sp³-hybridized carbons (Fsp3) is 0.625. The molecular weight excluding hydrogens is 316 g/mol. The minimum Gasteiger partial charge on any atom is -0.381 e. The third kappa shape index (κ3) is 2.77. The van der Waals surface area contributed by atoms with E-state index in [0.717, 1.165) is 17.7 Å². The molecule has 3 aliphatic rings.